The normalized spacial score (nSPS) is 22.2. The number of anilines is 1. The van der Waals surface area contributed by atoms with Crippen molar-refractivity contribution in [1.82, 2.24) is 15.1 Å². The van der Waals surface area contributed by atoms with Crippen molar-refractivity contribution in [3.63, 3.8) is 0 Å². The summed E-state index contributed by atoms with van der Waals surface area (Å²) in [6, 6.07) is 15.1. The van der Waals surface area contributed by atoms with E-state index in [4.69, 9.17) is 11.6 Å². The van der Waals surface area contributed by atoms with E-state index in [-0.39, 0.29) is 0 Å². The van der Waals surface area contributed by atoms with Crippen LogP contribution in [-0.2, 0) is 0 Å². The first-order chi connectivity index (χ1) is 11.6. The van der Waals surface area contributed by atoms with Gasteiger partial charge < -0.3 is 4.90 Å². The van der Waals surface area contributed by atoms with Crippen molar-refractivity contribution in [2.45, 2.75) is 25.9 Å². The van der Waals surface area contributed by atoms with Crippen LogP contribution in [0.3, 0.4) is 0 Å². The van der Waals surface area contributed by atoms with Gasteiger partial charge in [0.2, 0.25) is 0 Å². The summed E-state index contributed by atoms with van der Waals surface area (Å²) in [4.78, 5) is 4.81. The summed E-state index contributed by atoms with van der Waals surface area (Å²) in [7, 11) is 0. The summed E-state index contributed by atoms with van der Waals surface area (Å²) < 4.78 is 0. The number of hydrogen-bond acceptors (Lipinski definition) is 4. The molecule has 0 aliphatic carbocycles. The third kappa shape index (κ3) is 4.13. The van der Waals surface area contributed by atoms with Gasteiger partial charge in [0.15, 0.2) is 11.0 Å². The van der Waals surface area contributed by atoms with E-state index >= 15 is 0 Å². The topological polar surface area (TPSA) is 32.3 Å². The Morgan fingerprint density at radius 3 is 2.38 bits per heavy atom. The van der Waals surface area contributed by atoms with Crippen LogP contribution in [0.15, 0.2) is 48.5 Å². The van der Waals surface area contributed by atoms with Crippen LogP contribution in [0.5, 0.6) is 0 Å². The monoisotopic (exact) mass is 342 g/mol. The Morgan fingerprint density at radius 2 is 1.75 bits per heavy atom. The highest BCUT2D eigenvalue weighted by Crippen LogP contribution is 2.21. The van der Waals surface area contributed by atoms with Crippen LogP contribution in [0.25, 0.3) is 6.08 Å². The lowest BCUT2D eigenvalue weighted by Crippen LogP contribution is -2.56. The average molecular weight is 343 g/mol. The molecule has 0 bridgehead atoms. The molecule has 2 atom stereocenters. The Kier molecular flexibility index (Phi) is 5.48. The Morgan fingerprint density at radius 1 is 1.04 bits per heavy atom. The molecule has 1 aliphatic rings. The molecule has 5 heteroatoms. The molecule has 1 aliphatic heterocycles. The van der Waals surface area contributed by atoms with Crippen LogP contribution in [0.2, 0.25) is 5.15 Å². The van der Waals surface area contributed by atoms with Crippen LogP contribution < -0.4 is 4.90 Å². The minimum Gasteiger partial charge on any atom is -0.352 e. The molecule has 126 valence electrons. The van der Waals surface area contributed by atoms with E-state index in [1.165, 1.54) is 5.56 Å². The van der Waals surface area contributed by atoms with Crippen LogP contribution >= 0.6 is 11.6 Å². The van der Waals surface area contributed by atoms with Gasteiger partial charge >= 0.3 is 0 Å². The van der Waals surface area contributed by atoms with Crippen molar-refractivity contribution in [2.24, 2.45) is 0 Å². The Labute approximate surface area is 148 Å². The van der Waals surface area contributed by atoms with Gasteiger partial charge in [-0.15, -0.1) is 10.2 Å². The van der Waals surface area contributed by atoms with Gasteiger partial charge in [0, 0.05) is 31.7 Å². The largest absolute Gasteiger partial charge is 0.352 e. The summed E-state index contributed by atoms with van der Waals surface area (Å²) in [6.45, 7) is 7.38. The molecular weight excluding hydrogens is 320 g/mol. The smallest absolute Gasteiger partial charge is 0.151 e. The zero-order valence-electron chi connectivity index (χ0n) is 14.1. The second-order valence-corrected chi connectivity index (χ2v) is 6.71. The maximum atomic E-state index is 5.83. The Hall–Kier alpha value is -1.91. The second kappa shape index (κ2) is 7.77. The minimum atomic E-state index is 0.435. The molecular formula is C19H23ClN4. The highest BCUT2D eigenvalue weighted by atomic mass is 35.5. The molecule has 1 aromatic carbocycles. The van der Waals surface area contributed by atoms with Gasteiger partial charge in [-0.25, -0.2) is 0 Å². The third-order valence-corrected chi connectivity index (χ3v) is 4.67. The highest BCUT2D eigenvalue weighted by molar-refractivity contribution is 6.29. The van der Waals surface area contributed by atoms with Crippen molar-refractivity contribution in [2.75, 3.05) is 24.5 Å². The molecule has 1 aromatic heterocycles. The molecule has 1 saturated heterocycles. The number of nitrogens with zero attached hydrogens (tertiary/aromatic N) is 4. The first-order valence-corrected chi connectivity index (χ1v) is 8.73. The number of rotatable bonds is 4. The number of hydrogen-bond donors (Lipinski definition) is 0. The minimum absolute atomic E-state index is 0.435. The fraction of sp³-hybridized carbons (Fsp3) is 0.368. The van der Waals surface area contributed by atoms with Crippen LogP contribution in [0.4, 0.5) is 5.82 Å². The highest BCUT2D eigenvalue weighted by Gasteiger charge is 2.29. The van der Waals surface area contributed by atoms with Gasteiger partial charge in [0.1, 0.15) is 0 Å². The number of piperazine rings is 1. The molecule has 4 nitrogen and oxygen atoms in total. The molecule has 2 unspecified atom stereocenters. The molecule has 0 saturated carbocycles. The van der Waals surface area contributed by atoms with E-state index in [2.05, 4.69) is 70.3 Å². The zero-order chi connectivity index (χ0) is 16.9. The van der Waals surface area contributed by atoms with Crippen LogP contribution in [-0.4, -0.2) is 46.8 Å². The maximum Gasteiger partial charge on any atom is 0.151 e. The first-order valence-electron chi connectivity index (χ1n) is 8.35. The van der Waals surface area contributed by atoms with E-state index in [1.807, 2.05) is 12.1 Å². The molecule has 1 fully saturated rings. The average Bonchev–Trinajstić information content (AvgIpc) is 2.59. The van der Waals surface area contributed by atoms with E-state index in [9.17, 15) is 0 Å². The standard InChI is InChI=1S/C19H23ClN4/c1-15-13-23(19-11-10-18(20)21-22-19)14-16(2)24(15)12-6-9-17-7-4-3-5-8-17/h3-11,15-16H,12-14H2,1-2H3/b9-6+. The summed E-state index contributed by atoms with van der Waals surface area (Å²) in [5.41, 5.74) is 1.24. The van der Waals surface area contributed by atoms with E-state index in [0.717, 1.165) is 25.5 Å². The molecule has 2 heterocycles. The van der Waals surface area contributed by atoms with Crippen molar-refractivity contribution in [3.05, 3.63) is 59.3 Å². The predicted molar refractivity (Wildman–Crippen MR) is 100 cm³/mol. The van der Waals surface area contributed by atoms with E-state index < -0.39 is 0 Å². The van der Waals surface area contributed by atoms with Crippen molar-refractivity contribution in [3.8, 4) is 0 Å². The fourth-order valence-corrected chi connectivity index (χ4v) is 3.36. The molecule has 2 aromatic rings. The van der Waals surface area contributed by atoms with E-state index in [0.29, 0.717) is 17.2 Å². The summed E-state index contributed by atoms with van der Waals surface area (Å²) in [5.74, 6) is 0.901. The summed E-state index contributed by atoms with van der Waals surface area (Å²) in [5, 5.41) is 8.60. The van der Waals surface area contributed by atoms with Gasteiger partial charge in [-0.3, -0.25) is 4.90 Å². The van der Waals surface area contributed by atoms with Gasteiger partial charge in [-0.05, 0) is 31.5 Å². The van der Waals surface area contributed by atoms with Gasteiger partial charge in [0.25, 0.3) is 0 Å². The molecule has 3 rings (SSSR count). The Bertz CT molecular complexity index is 660. The van der Waals surface area contributed by atoms with Crippen molar-refractivity contribution in [1.29, 1.82) is 0 Å². The molecule has 0 amide bonds. The van der Waals surface area contributed by atoms with Gasteiger partial charge in [-0.1, -0.05) is 54.1 Å². The number of halogens is 1. The predicted octanol–water partition coefficient (Wildman–Crippen LogP) is 3.74. The Balaban J connectivity index is 1.61. The van der Waals surface area contributed by atoms with Crippen molar-refractivity contribution < 1.29 is 0 Å². The van der Waals surface area contributed by atoms with E-state index in [1.54, 1.807) is 6.07 Å². The summed E-state index contributed by atoms with van der Waals surface area (Å²) >= 11 is 5.83. The SMILES string of the molecule is CC1CN(c2ccc(Cl)nn2)CC(C)N1C/C=C/c1ccccc1. The molecule has 0 N–H and O–H groups in total. The van der Waals surface area contributed by atoms with Crippen molar-refractivity contribution >= 4 is 23.5 Å². The lowest BCUT2D eigenvalue weighted by Gasteiger charge is -2.44. The number of aromatic nitrogens is 2. The van der Waals surface area contributed by atoms with Crippen LogP contribution in [0.1, 0.15) is 19.4 Å². The fourth-order valence-electron chi connectivity index (χ4n) is 3.26. The van der Waals surface area contributed by atoms with Gasteiger partial charge in [0.05, 0.1) is 0 Å². The molecule has 0 radical (unpaired) electrons. The van der Waals surface area contributed by atoms with Gasteiger partial charge in [-0.2, -0.15) is 0 Å². The third-order valence-electron chi connectivity index (χ3n) is 4.47. The van der Waals surface area contributed by atoms with Crippen LogP contribution in [0, 0.1) is 0 Å². The lowest BCUT2D eigenvalue weighted by atomic mass is 10.1. The second-order valence-electron chi connectivity index (χ2n) is 6.33. The maximum absolute atomic E-state index is 5.83. The first kappa shape index (κ1) is 16.9. The molecule has 0 spiro atoms. The zero-order valence-corrected chi connectivity index (χ0v) is 14.9. The summed E-state index contributed by atoms with van der Waals surface area (Å²) in [6.07, 6.45) is 4.44. The number of benzene rings is 1. The lowest BCUT2D eigenvalue weighted by molar-refractivity contribution is 0.148. The quantitative estimate of drug-likeness (QED) is 0.847. The molecule has 24 heavy (non-hydrogen) atoms.